The summed E-state index contributed by atoms with van der Waals surface area (Å²) in [5.74, 6) is 5.06. The second-order valence-corrected chi connectivity index (χ2v) is 6.35. The van der Waals surface area contributed by atoms with Crippen LogP contribution in [0.1, 0.15) is 22.8 Å². The van der Waals surface area contributed by atoms with Crippen LogP contribution in [-0.2, 0) is 0 Å². The summed E-state index contributed by atoms with van der Waals surface area (Å²) in [5.41, 5.74) is 9.66. The highest BCUT2D eigenvalue weighted by Gasteiger charge is 2.19. The summed E-state index contributed by atoms with van der Waals surface area (Å²) >= 11 is 12.2. The third-order valence-electron chi connectivity index (χ3n) is 3.47. The Hall–Kier alpha value is -2.81. The van der Waals surface area contributed by atoms with Gasteiger partial charge in [0.15, 0.2) is 0 Å². The first-order chi connectivity index (χ1) is 12.8. The number of rotatable bonds is 7. The van der Waals surface area contributed by atoms with Crippen molar-refractivity contribution in [3.63, 3.8) is 0 Å². The lowest BCUT2D eigenvalue weighted by Gasteiger charge is -2.15. The molecule has 1 aromatic heterocycles. The van der Waals surface area contributed by atoms with Crippen molar-refractivity contribution in [2.24, 2.45) is 11.6 Å². The first-order valence-electron chi connectivity index (χ1n) is 7.79. The summed E-state index contributed by atoms with van der Waals surface area (Å²) in [6.07, 6.45) is 2.75. The number of nitrogens with one attached hydrogen (secondary N) is 4. The number of carbonyl (C=O) groups is 1. The SMILES string of the molecule is CC(=N)c1c(NC/C(N)=C/NN)ncc(C(=O)Nc2ccc(Cl)cc2)c1Cl. The summed E-state index contributed by atoms with van der Waals surface area (Å²) in [5, 5.41) is 14.3. The van der Waals surface area contributed by atoms with Gasteiger partial charge in [-0.05, 0) is 31.2 Å². The fourth-order valence-corrected chi connectivity index (χ4v) is 2.69. The van der Waals surface area contributed by atoms with E-state index >= 15 is 0 Å². The normalized spacial score (nSPS) is 11.0. The molecule has 142 valence electrons. The molecule has 0 fully saturated rings. The van der Waals surface area contributed by atoms with Crippen LogP contribution in [-0.4, -0.2) is 23.1 Å². The van der Waals surface area contributed by atoms with E-state index in [2.05, 4.69) is 21.0 Å². The lowest BCUT2D eigenvalue weighted by atomic mass is 10.1. The van der Waals surface area contributed by atoms with Gasteiger partial charge in [-0.3, -0.25) is 10.6 Å². The van der Waals surface area contributed by atoms with Gasteiger partial charge in [-0.15, -0.1) is 0 Å². The van der Waals surface area contributed by atoms with Crippen molar-refractivity contribution in [3.05, 3.63) is 63.5 Å². The van der Waals surface area contributed by atoms with Crippen LogP contribution in [0.4, 0.5) is 11.5 Å². The summed E-state index contributed by atoms with van der Waals surface area (Å²) in [6.45, 7) is 1.78. The maximum atomic E-state index is 12.5. The van der Waals surface area contributed by atoms with Crippen LogP contribution in [0.15, 0.2) is 42.4 Å². The molecule has 0 bridgehead atoms. The number of anilines is 2. The predicted octanol–water partition coefficient (Wildman–Crippen LogP) is 2.70. The fraction of sp³-hybridized carbons (Fsp3) is 0.118. The van der Waals surface area contributed by atoms with Crippen LogP contribution in [0, 0.1) is 5.41 Å². The highest BCUT2D eigenvalue weighted by molar-refractivity contribution is 6.38. The molecular formula is C17H19Cl2N7O. The van der Waals surface area contributed by atoms with E-state index in [-0.39, 0.29) is 22.8 Å². The van der Waals surface area contributed by atoms with E-state index in [4.69, 9.17) is 40.2 Å². The van der Waals surface area contributed by atoms with Crippen molar-refractivity contribution < 1.29 is 4.79 Å². The quantitative estimate of drug-likeness (QED) is 0.236. The van der Waals surface area contributed by atoms with E-state index in [0.717, 1.165) is 0 Å². The van der Waals surface area contributed by atoms with Gasteiger partial charge in [0, 0.05) is 34.5 Å². The highest BCUT2D eigenvalue weighted by Crippen LogP contribution is 2.28. The first-order valence-corrected chi connectivity index (χ1v) is 8.54. The van der Waals surface area contributed by atoms with Crippen molar-refractivity contribution in [1.29, 1.82) is 5.41 Å². The zero-order valence-corrected chi connectivity index (χ0v) is 15.9. The molecule has 0 atom stereocenters. The lowest BCUT2D eigenvalue weighted by Crippen LogP contribution is -2.21. The molecule has 10 heteroatoms. The first kappa shape index (κ1) is 20.5. The number of amides is 1. The van der Waals surface area contributed by atoms with Crippen LogP contribution in [0.3, 0.4) is 0 Å². The lowest BCUT2D eigenvalue weighted by molar-refractivity contribution is 0.102. The van der Waals surface area contributed by atoms with Gasteiger partial charge in [0.25, 0.3) is 5.91 Å². The van der Waals surface area contributed by atoms with Crippen molar-refractivity contribution >= 4 is 46.3 Å². The van der Waals surface area contributed by atoms with Gasteiger partial charge in [0.05, 0.1) is 22.7 Å². The molecule has 0 saturated heterocycles. The minimum absolute atomic E-state index is 0.117. The molecular weight excluding hydrogens is 389 g/mol. The maximum absolute atomic E-state index is 12.5. The monoisotopic (exact) mass is 407 g/mol. The minimum atomic E-state index is -0.449. The fourth-order valence-electron chi connectivity index (χ4n) is 2.20. The molecule has 1 aromatic carbocycles. The number of halogens is 2. The van der Waals surface area contributed by atoms with Gasteiger partial charge in [0.1, 0.15) is 5.82 Å². The number of benzene rings is 1. The Kier molecular flexibility index (Phi) is 7.00. The van der Waals surface area contributed by atoms with Crippen LogP contribution in [0.2, 0.25) is 10.0 Å². The van der Waals surface area contributed by atoms with E-state index in [9.17, 15) is 4.79 Å². The topological polar surface area (TPSA) is 142 Å². The van der Waals surface area contributed by atoms with Crippen molar-refractivity contribution in [2.75, 3.05) is 17.2 Å². The number of hydrogen-bond acceptors (Lipinski definition) is 7. The molecule has 27 heavy (non-hydrogen) atoms. The van der Waals surface area contributed by atoms with Crippen molar-refractivity contribution in [2.45, 2.75) is 6.92 Å². The van der Waals surface area contributed by atoms with Gasteiger partial charge in [-0.25, -0.2) is 4.98 Å². The zero-order chi connectivity index (χ0) is 20.0. The summed E-state index contributed by atoms with van der Waals surface area (Å²) < 4.78 is 0. The highest BCUT2D eigenvalue weighted by atomic mass is 35.5. The molecule has 8 N–H and O–H groups in total. The molecule has 0 aliphatic heterocycles. The Balaban J connectivity index is 2.29. The Morgan fingerprint density at radius 2 is 1.96 bits per heavy atom. The van der Waals surface area contributed by atoms with E-state index in [0.29, 0.717) is 27.8 Å². The predicted molar refractivity (Wildman–Crippen MR) is 109 cm³/mol. The Morgan fingerprint density at radius 3 is 2.56 bits per heavy atom. The van der Waals surface area contributed by atoms with E-state index < -0.39 is 5.91 Å². The van der Waals surface area contributed by atoms with E-state index in [1.165, 1.54) is 12.4 Å². The van der Waals surface area contributed by atoms with Gasteiger partial charge in [0.2, 0.25) is 0 Å². The molecule has 0 unspecified atom stereocenters. The smallest absolute Gasteiger partial charge is 0.258 e. The Bertz CT molecular complexity index is 882. The number of carbonyl (C=O) groups excluding carboxylic acids is 1. The number of hydrogen-bond donors (Lipinski definition) is 6. The van der Waals surface area contributed by atoms with E-state index in [1.54, 1.807) is 31.2 Å². The molecule has 0 radical (unpaired) electrons. The second-order valence-electron chi connectivity index (χ2n) is 5.53. The zero-order valence-electron chi connectivity index (χ0n) is 14.4. The molecule has 1 amide bonds. The van der Waals surface area contributed by atoms with E-state index in [1.807, 2.05) is 0 Å². The molecule has 2 rings (SSSR count). The van der Waals surface area contributed by atoms with Crippen LogP contribution in [0.5, 0.6) is 0 Å². The van der Waals surface area contributed by atoms with Gasteiger partial charge in [-0.1, -0.05) is 23.2 Å². The van der Waals surface area contributed by atoms with Crippen LogP contribution < -0.4 is 27.6 Å². The third-order valence-corrected chi connectivity index (χ3v) is 4.11. The van der Waals surface area contributed by atoms with Gasteiger partial charge in [-0.2, -0.15) is 0 Å². The Morgan fingerprint density at radius 1 is 1.30 bits per heavy atom. The number of aromatic nitrogens is 1. The van der Waals surface area contributed by atoms with Crippen LogP contribution >= 0.6 is 23.2 Å². The summed E-state index contributed by atoms with van der Waals surface area (Å²) in [4.78, 5) is 16.8. The molecule has 2 aromatic rings. The number of pyridine rings is 1. The molecule has 0 aliphatic rings. The standard InChI is InChI=1S/C17H19Cl2N7O/c1-9(20)14-15(19)13(8-24-16(14)23-6-11(21)7-25-22)17(27)26-12-4-2-10(18)3-5-12/h2-5,7-8,20,25H,6,21-22H2,1H3,(H,23,24)(H,26,27)/b11-7-,20-9?. The molecule has 8 nitrogen and oxygen atoms in total. The number of hydrazine groups is 1. The molecule has 0 saturated carbocycles. The molecule has 1 heterocycles. The van der Waals surface area contributed by atoms with Crippen LogP contribution in [0.25, 0.3) is 0 Å². The Labute approximate surface area is 166 Å². The average molecular weight is 408 g/mol. The van der Waals surface area contributed by atoms with Gasteiger partial charge >= 0.3 is 0 Å². The molecule has 0 aliphatic carbocycles. The summed E-state index contributed by atoms with van der Waals surface area (Å²) in [7, 11) is 0. The number of nitrogens with two attached hydrogens (primary N) is 2. The molecule has 0 spiro atoms. The number of nitrogens with zero attached hydrogens (tertiary/aromatic N) is 1. The minimum Gasteiger partial charge on any atom is -0.399 e. The average Bonchev–Trinajstić information content (AvgIpc) is 2.61. The summed E-state index contributed by atoms with van der Waals surface area (Å²) in [6, 6.07) is 6.65. The third kappa shape index (κ3) is 5.33. The second kappa shape index (κ2) is 9.22. The maximum Gasteiger partial charge on any atom is 0.258 e. The largest absolute Gasteiger partial charge is 0.399 e. The van der Waals surface area contributed by atoms with Gasteiger partial charge < -0.3 is 27.2 Å². The van der Waals surface area contributed by atoms with Crippen molar-refractivity contribution in [3.8, 4) is 0 Å². The van der Waals surface area contributed by atoms with Crippen molar-refractivity contribution in [1.82, 2.24) is 10.4 Å².